The highest BCUT2D eigenvalue weighted by Gasteiger charge is 2.04. The number of hydrogen-bond donors (Lipinski definition) is 2. The fourth-order valence-electron chi connectivity index (χ4n) is 3.19. The van der Waals surface area contributed by atoms with Gasteiger partial charge in [0, 0.05) is 32.7 Å². The molecule has 0 fully saturated rings. The Hall–Kier alpha value is -3.06. The van der Waals surface area contributed by atoms with Gasteiger partial charge in [0.05, 0.1) is 13.2 Å². The summed E-state index contributed by atoms with van der Waals surface area (Å²) in [5, 5.41) is 14.7. The summed E-state index contributed by atoms with van der Waals surface area (Å²) in [6.07, 6.45) is 3.45. The third kappa shape index (κ3) is 11.7. The first-order valence-corrected chi connectivity index (χ1v) is 11.6. The fourth-order valence-corrected chi connectivity index (χ4v) is 3.19. The van der Waals surface area contributed by atoms with Crippen LogP contribution in [0.3, 0.4) is 0 Å². The van der Waals surface area contributed by atoms with Crippen molar-refractivity contribution in [3.63, 3.8) is 0 Å². The van der Waals surface area contributed by atoms with Crippen molar-refractivity contribution >= 4 is 5.96 Å². The van der Waals surface area contributed by atoms with Crippen molar-refractivity contribution in [1.29, 1.82) is 5.26 Å². The van der Waals surface area contributed by atoms with Crippen LogP contribution in [-0.2, 0) is 24.4 Å². The first-order chi connectivity index (χ1) is 16.5. The zero-order valence-corrected chi connectivity index (χ0v) is 20.8. The molecule has 1 heterocycles. The molecule has 186 valence electrons. The van der Waals surface area contributed by atoms with Crippen molar-refractivity contribution in [3.05, 3.63) is 53.5 Å². The van der Waals surface area contributed by atoms with Gasteiger partial charge in [-0.05, 0) is 64.4 Å². The van der Waals surface area contributed by atoms with Gasteiger partial charge in [0.1, 0.15) is 23.9 Å². The molecule has 0 spiro atoms. The standard InChI is InChI=1S/C25H38N6O3/c1-30(2)17-21-8-5-9-22(16-21)33-15-7-13-28-25(29-20-26)27-12-6-14-32-19-24-11-10-23(34-24)18-31(3)4/h5,8-11,16H,6-7,12-15,17-19H2,1-4H3,(H2,27,28,29). The van der Waals surface area contributed by atoms with E-state index in [4.69, 9.17) is 19.2 Å². The Bertz CT molecular complexity index is 904. The Morgan fingerprint density at radius 3 is 2.59 bits per heavy atom. The second-order valence-electron chi connectivity index (χ2n) is 8.49. The number of benzene rings is 1. The third-order valence-corrected chi connectivity index (χ3v) is 4.60. The van der Waals surface area contributed by atoms with E-state index in [2.05, 4.69) is 37.6 Å². The van der Waals surface area contributed by atoms with Gasteiger partial charge in [-0.2, -0.15) is 5.26 Å². The van der Waals surface area contributed by atoms with Gasteiger partial charge < -0.3 is 29.0 Å². The van der Waals surface area contributed by atoms with Crippen LogP contribution in [0.4, 0.5) is 0 Å². The quantitative estimate of drug-likeness (QED) is 0.135. The molecule has 0 atom stereocenters. The number of hydrogen-bond acceptors (Lipinski definition) is 7. The zero-order valence-electron chi connectivity index (χ0n) is 20.8. The maximum atomic E-state index is 8.95. The molecule has 0 radical (unpaired) electrons. The van der Waals surface area contributed by atoms with Gasteiger partial charge in [-0.15, -0.1) is 0 Å². The Morgan fingerprint density at radius 2 is 1.82 bits per heavy atom. The SMILES string of the molecule is CN(C)Cc1cccc(OCCCN=C(NC#N)NCCCOCc2ccc(CN(C)C)o2)c1. The van der Waals surface area contributed by atoms with Crippen LogP contribution in [0.15, 0.2) is 45.8 Å². The van der Waals surface area contributed by atoms with Crippen molar-refractivity contribution in [3.8, 4) is 11.9 Å². The molecule has 2 N–H and O–H groups in total. The third-order valence-electron chi connectivity index (χ3n) is 4.60. The largest absolute Gasteiger partial charge is 0.494 e. The van der Waals surface area contributed by atoms with Gasteiger partial charge in [0.15, 0.2) is 6.19 Å². The molecule has 34 heavy (non-hydrogen) atoms. The molecule has 0 aliphatic rings. The lowest BCUT2D eigenvalue weighted by molar-refractivity contribution is 0.103. The monoisotopic (exact) mass is 470 g/mol. The lowest BCUT2D eigenvalue weighted by Crippen LogP contribution is -2.35. The topological polar surface area (TPSA) is 98.3 Å². The Balaban J connectivity index is 1.60. The highest BCUT2D eigenvalue weighted by Crippen LogP contribution is 2.14. The summed E-state index contributed by atoms with van der Waals surface area (Å²) in [6.45, 7) is 4.44. The molecule has 0 unspecified atom stereocenters. The Kier molecular flexibility index (Phi) is 12.6. The minimum absolute atomic E-state index is 0.447. The molecule has 0 aliphatic carbocycles. The van der Waals surface area contributed by atoms with Crippen LogP contribution in [-0.4, -0.2) is 70.3 Å². The van der Waals surface area contributed by atoms with Crippen molar-refractivity contribution in [2.75, 3.05) is 54.5 Å². The fraction of sp³-hybridized carbons (Fsp3) is 0.520. The molecule has 0 saturated carbocycles. The number of guanidine groups is 1. The Labute approximate surface area is 203 Å². The van der Waals surface area contributed by atoms with Crippen molar-refractivity contribution in [2.45, 2.75) is 32.5 Å². The van der Waals surface area contributed by atoms with Crippen LogP contribution in [0.1, 0.15) is 29.9 Å². The van der Waals surface area contributed by atoms with E-state index >= 15 is 0 Å². The molecule has 1 aromatic heterocycles. The maximum Gasteiger partial charge on any atom is 0.204 e. The highest BCUT2D eigenvalue weighted by molar-refractivity contribution is 5.81. The number of nitrogens with zero attached hydrogens (tertiary/aromatic N) is 4. The average molecular weight is 471 g/mol. The van der Waals surface area contributed by atoms with Gasteiger partial charge >= 0.3 is 0 Å². The number of nitrogens with one attached hydrogen (secondary N) is 2. The Morgan fingerprint density at radius 1 is 1.03 bits per heavy atom. The molecule has 2 aromatic rings. The van der Waals surface area contributed by atoms with Gasteiger partial charge in [-0.25, -0.2) is 0 Å². The molecular formula is C25H38N6O3. The minimum atomic E-state index is 0.447. The van der Waals surface area contributed by atoms with E-state index in [1.807, 2.05) is 58.6 Å². The van der Waals surface area contributed by atoms with Crippen LogP contribution in [0, 0.1) is 11.5 Å². The molecule has 0 aliphatic heterocycles. The molecule has 9 heteroatoms. The summed E-state index contributed by atoms with van der Waals surface area (Å²) < 4.78 is 17.2. The molecule has 1 aromatic carbocycles. The van der Waals surface area contributed by atoms with Crippen molar-refractivity contribution < 1.29 is 13.9 Å². The van der Waals surface area contributed by atoms with Crippen molar-refractivity contribution in [2.24, 2.45) is 4.99 Å². The van der Waals surface area contributed by atoms with Gasteiger partial charge in [-0.3, -0.25) is 10.3 Å². The highest BCUT2D eigenvalue weighted by atomic mass is 16.5. The summed E-state index contributed by atoms with van der Waals surface area (Å²) in [5.74, 6) is 3.08. The predicted molar refractivity (Wildman–Crippen MR) is 133 cm³/mol. The smallest absolute Gasteiger partial charge is 0.204 e. The van der Waals surface area contributed by atoms with E-state index in [9.17, 15) is 0 Å². The summed E-state index contributed by atoms with van der Waals surface area (Å²) in [6, 6.07) is 12.0. The van der Waals surface area contributed by atoms with Crippen LogP contribution in [0.25, 0.3) is 0 Å². The van der Waals surface area contributed by atoms with E-state index < -0.39 is 0 Å². The van der Waals surface area contributed by atoms with Gasteiger partial charge in [0.25, 0.3) is 0 Å². The molecule has 9 nitrogen and oxygen atoms in total. The van der Waals surface area contributed by atoms with Crippen molar-refractivity contribution in [1.82, 2.24) is 20.4 Å². The first-order valence-electron chi connectivity index (χ1n) is 11.6. The first kappa shape index (κ1) is 27.2. The predicted octanol–water partition coefficient (Wildman–Crippen LogP) is 2.79. The number of nitriles is 1. The minimum Gasteiger partial charge on any atom is -0.494 e. The number of ether oxygens (including phenoxy) is 2. The van der Waals surface area contributed by atoms with Crippen LogP contribution < -0.4 is 15.4 Å². The van der Waals surface area contributed by atoms with E-state index in [-0.39, 0.29) is 0 Å². The van der Waals surface area contributed by atoms with Crippen LogP contribution in [0.5, 0.6) is 5.75 Å². The molecule has 0 bridgehead atoms. The van der Waals surface area contributed by atoms with E-state index in [1.54, 1.807) is 0 Å². The van der Waals surface area contributed by atoms with Crippen LogP contribution >= 0.6 is 0 Å². The number of rotatable bonds is 15. The maximum absolute atomic E-state index is 8.95. The van der Waals surface area contributed by atoms with Crippen LogP contribution in [0.2, 0.25) is 0 Å². The number of aliphatic imine (C=N–C) groups is 1. The molecule has 0 saturated heterocycles. The summed E-state index contributed by atoms with van der Waals surface area (Å²) in [7, 11) is 8.10. The lowest BCUT2D eigenvalue weighted by atomic mass is 10.2. The number of furan rings is 1. The van der Waals surface area contributed by atoms with Gasteiger partial charge in [-0.1, -0.05) is 12.1 Å². The zero-order chi connectivity index (χ0) is 24.6. The van der Waals surface area contributed by atoms with E-state index in [1.165, 1.54) is 5.56 Å². The second-order valence-corrected chi connectivity index (χ2v) is 8.49. The second kappa shape index (κ2) is 15.7. The summed E-state index contributed by atoms with van der Waals surface area (Å²) in [5.41, 5.74) is 1.22. The summed E-state index contributed by atoms with van der Waals surface area (Å²) in [4.78, 5) is 8.60. The molecule has 2 rings (SSSR count). The van der Waals surface area contributed by atoms with Gasteiger partial charge in [0.2, 0.25) is 5.96 Å². The lowest BCUT2D eigenvalue weighted by Gasteiger charge is -2.11. The summed E-state index contributed by atoms with van der Waals surface area (Å²) >= 11 is 0. The van der Waals surface area contributed by atoms with E-state index in [0.717, 1.165) is 43.2 Å². The van der Waals surface area contributed by atoms with E-state index in [0.29, 0.717) is 38.9 Å². The molecular weight excluding hydrogens is 432 g/mol. The average Bonchev–Trinajstić information content (AvgIpc) is 3.22. The normalized spacial score (nSPS) is 11.6. The molecule has 0 amide bonds.